The summed E-state index contributed by atoms with van der Waals surface area (Å²) in [6, 6.07) is 0. The molecule has 0 atom stereocenters. The normalized spacial score (nSPS) is 9.33. The molecule has 1 heterocycles. The first-order chi connectivity index (χ1) is 5.65. The number of carboxylic acid groups (broad SMARTS) is 1. The number of aromatic nitrogens is 2. The molecule has 0 bridgehead atoms. The molecule has 12 heavy (non-hydrogen) atoms. The standard InChI is InChI=1S/C6H4N2O4/c9-2-4(10)3-1-7-5(8-3)6(11)12/h1-2H,(H,7,8)(H,11,12). The summed E-state index contributed by atoms with van der Waals surface area (Å²) in [6.45, 7) is 0. The largest absolute Gasteiger partial charge is 0.475 e. The van der Waals surface area contributed by atoms with E-state index in [-0.39, 0.29) is 17.8 Å². The van der Waals surface area contributed by atoms with E-state index in [9.17, 15) is 14.4 Å². The number of carboxylic acids is 1. The van der Waals surface area contributed by atoms with Crippen LogP contribution in [0.3, 0.4) is 0 Å². The van der Waals surface area contributed by atoms with Crippen LogP contribution < -0.4 is 0 Å². The number of Topliss-reactive ketones (excluding diaryl/α,β-unsaturated/α-hetero) is 1. The highest BCUT2D eigenvalue weighted by molar-refractivity contribution is 6.32. The van der Waals surface area contributed by atoms with Crippen LogP contribution in [0.25, 0.3) is 0 Å². The predicted octanol–water partition coefficient (Wildman–Crippen LogP) is -0.511. The highest BCUT2D eigenvalue weighted by atomic mass is 16.4. The van der Waals surface area contributed by atoms with E-state index in [2.05, 4.69) is 9.97 Å². The van der Waals surface area contributed by atoms with E-state index in [4.69, 9.17) is 5.11 Å². The van der Waals surface area contributed by atoms with Crippen molar-refractivity contribution in [2.45, 2.75) is 0 Å². The molecule has 0 spiro atoms. The van der Waals surface area contributed by atoms with Crippen molar-refractivity contribution in [3.05, 3.63) is 17.7 Å². The molecule has 0 aliphatic carbocycles. The summed E-state index contributed by atoms with van der Waals surface area (Å²) < 4.78 is 0. The Morgan fingerprint density at radius 3 is 2.67 bits per heavy atom. The molecule has 62 valence electrons. The number of ketones is 1. The Bertz CT molecular complexity index is 341. The predicted molar refractivity (Wildman–Crippen MR) is 35.9 cm³/mol. The first kappa shape index (κ1) is 8.12. The lowest BCUT2D eigenvalue weighted by atomic mass is 10.3. The van der Waals surface area contributed by atoms with Crippen LogP contribution in [0.1, 0.15) is 21.1 Å². The van der Waals surface area contributed by atoms with E-state index in [1.165, 1.54) is 0 Å². The summed E-state index contributed by atoms with van der Waals surface area (Å²) in [7, 11) is 0. The van der Waals surface area contributed by atoms with Crippen molar-refractivity contribution in [1.29, 1.82) is 0 Å². The number of carbonyl (C=O) groups is 3. The third-order valence-electron chi connectivity index (χ3n) is 1.14. The number of H-pyrrole nitrogens is 1. The summed E-state index contributed by atoms with van der Waals surface area (Å²) in [5, 5.41) is 8.36. The smallest absolute Gasteiger partial charge is 0.371 e. The number of carbonyl (C=O) groups excluding carboxylic acids is 2. The first-order valence-corrected chi connectivity index (χ1v) is 2.93. The maximum atomic E-state index is 10.6. The van der Waals surface area contributed by atoms with Gasteiger partial charge in [0, 0.05) is 6.20 Å². The summed E-state index contributed by atoms with van der Waals surface area (Å²) in [5.74, 6) is -2.49. The maximum absolute atomic E-state index is 10.6. The minimum Gasteiger partial charge on any atom is -0.475 e. The van der Waals surface area contributed by atoms with Gasteiger partial charge in [-0.1, -0.05) is 0 Å². The van der Waals surface area contributed by atoms with Crippen LogP contribution in [0.2, 0.25) is 0 Å². The van der Waals surface area contributed by atoms with E-state index < -0.39 is 11.8 Å². The molecule has 0 aromatic carbocycles. The van der Waals surface area contributed by atoms with Crippen molar-refractivity contribution in [3.63, 3.8) is 0 Å². The molecule has 0 saturated carbocycles. The Morgan fingerprint density at radius 2 is 2.25 bits per heavy atom. The quantitative estimate of drug-likeness (QED) is 0.359. The van der Waals surface area contributed by atoms with E-state index >= 15 is 0 Å². The molecule has 1 aromatic rings. The van der Waals surface area contributed by atoms with Crippen LogP contribution in [0.5, 0.6) is 0 Å². The van der Waals surface area contributed by atoms with Crippen molar-refractivity contribution in [3.8, 4) is 0 Å². The van der Waals surface area contributed by atoms with Crippen molar-refractivity contribution >= 4 is 18.0 Å². The van der Waals surface area contributed by atoms with Crippen LogP contribution >= 0.6 is 0 Å². The second-order valence-electron chi connectivity index (χ2n) is 1.92. The lowest BCUT2D eigenvalue weighted by molar-refractivity contribution is -0.104. The van der Waals surface area contributed by atoms with Gasteiger partial charge in [0.25, 0.3) is 0 Å². The second kappa shape index (κ2) is 2.95. The van der Waals surface area contributed by atoms with Crippen molar-refractivity contribution in [2.75, 3.05) is 0 Å². The van der Waals surface area contributed by atoms with Crippen LogP contribution in [0.15, 0.2) is 6.20 Å². The summed E-state index contributed by atoms with van der Waals surface area (Å²) in [6.07, 6.45) is 1.14. The summed E-state index contributed by atoms with van der Waals surface area (Å²) >= 11 is 0. The van der Waals surface area contributed by atoms with Crippen molar-refractivity contribution in [1.82, 2.24) is 9.97 Å². The average molecular weight is 168 g/mol. The molecule has 0 fully saturated rings. The molecule has 6 nitrogen and oxygen atoms in total. The van der Waals surface area contributed by atoms with Crippen molar-refractivity contribution in [2.24, 2.45) is 0 Å². The average Bonchev–Trinajstić information content (AvgIpc) is 2.51. The summed E-state index contributed by atoms with van der Waals surface area (Å²) in [4.78, 5) is 36.3. The Morgan fingerprint density at radius 1 is 1.58 bits per heavy atom. The van der Waals surface area contributed by atoms with Gasteiger partial charge in [-0.3, -0.25) is 9.59 Å². The van der Waals surface area contributed by atoms with Gasteiger partial charge in [0.2, 0.25) is 11.6 Å². The van der Waals surface area contributed by atoms with E-state index in [1.807, 2.05) is 0 Å². The van der Waals surface area contributed by atoms with Gasteiger partial charge < -0.3 is 10.1 Å². The number of aldehydes is 1. The third kappa shape index (κ3) is 1.36. The van der Waals surface area contributed by atoms with Gasteiger partial charge in [-0.05, 0) is 0 Å². The number of hydrogen-bond acceptors (Lipinski definition) is 4. The molecular formula is C6H4N2O4. The Hall–Kier alpha value is -1.98. The molecule has 0 aliphatic rings. The molecule has 2 N–H and O–H groups in total. The van der Waals surface area contributed by atoms with Crippen molar-refractivity contribution < 1.29 is 19.5 Å². The minimum absolute atomic E-state index is 0.0712. The Kier molecular flexibility index (Phi) is 2.00. The number of rotatable bonds is 3. The second-order valence-corrected chi connectivity index (χ2v) is 1.92. The zero-order chi connectivity index (χ0) is 9.14. The zero-order valence-electron chi connectivity index (χ0n) is 5.77. The van der Waals surface area contributed by atoms with Gasteiger partial charge in [-0.15, -0.1) is 0 Å². The van der Waals surface area contributed by atoms with E-state index in [0.717, 1.165) is 6.20 Å². The van der Waals surface area contributed by atoms with Gasteiger partial charge in [-0.25, -0.2) is 9.78 Å². The monoisotopic (exact) mass is 168 g/mol. The van der Waals surface area contributed by atoms with Crippen LogP contribution in [0, 0.1) is 0 Å². The Labute approximate surface area is 66.2 Å². The molecule has 0 radical (unpaired) electrons. The van der Waals surface area contributed by atoms with E-state index in [1.54, 1.807) is 0 Å². The summed E-state index contributed by atoms with van der Waals surface area (Å²) in [5.41, 5.74) is -0.192. The SMILES string of the molecule is O=CC(=O)c1c[nH]c(C(=O)O)n1. The molecule has 1 aromatic heterocycles. The first-order valence-electron chi connectivity index (χ1n) is 2.93. The van der Waals surface area contributed by atoms with Crippen LogP contribution in [-0.4, -0.2) is 33.1 Å². The van der Waals surface area contributed by atoms with Gasteiger partial charge in [0.15, 0.2) is 6.29 Å². The van der Waals surface area contributed by atoms with Gasteiger partial charge in [0.1, 0.15) is 5.69 Å². The highest BCUT2D eigenvalue weighted by Crippen LogP contribution is 1.96. The number of nitrogens with one attached hydrogen (secondary N) is 1. The molecular weight excluding hydrogens is 164 g/mol. The lowest BCUT2D eigenvalue weighted by Crippen LogP contribution is -2.02. The molecule has 0 amide bonds. The molecule has 0 aliphatic heterocycles. The highest BCUT2D eigenvalue weighted by Gasteiger charge is 2.12. The van der Waals surface area contributed by atoms with Crippen LogP contribution in [0.4, 0.5) is 0 Å². The minimum atomic E-state index is -1.28. The number of imidazole rings is 1. The van der Waals surface area contributed by atoms with Crippen LogP contribution in [-0.2, 0) is 4.79 Å². The van der Waals surface area contributed by atoms with Gasteiger partial charge in [0.05, 0.1) is 0 Å². The van der Waals surface area contributed by atoms with Gasteiger partial charge >= 0.3 is 5.97 Å². The zero-order valence-corrected chi connectivity index (χ0v) is 5.77. The van der Waals surface area contributed by atoms with Gasteiger partial charge in [-0.2, -0.15) is 0 Å². The number of nitrogens with zero attached hydrogens (tertiary/aromatic N) is 1. The fourth-order valence-electron chi connectivity index (χ4n) is 0.618. The maximum Gasteiger partial charge on any atom is 0.371 e. The molecule has 6 heteroatoms. The lowest BCUT2D eigenvalue weighted by Gasteiger charge is -1.82. The van der Waals surface area contributed by atoms with E-state index in [0.29, 0.717) is 0 Å². The Balaban J connectivity index is 2.99. The number of hydrogen-bond donors (Lipinski definition) is 2. The number of aromatic amines is 1. The third-order valence-corrected chi connectivity index (χ3v) is 1.14. The molecule has 0 saturated heterocycles. The number of aromatic carboxylic acids is 1. The fourth-order valence-corrected chi connectivity index (χ4v) is 0.618. The fraction of sp³-hybridized carbons (Fsp3) is 0. The topological polar surface area (TPSA) is 100 Å². The molecule has 1 rings (SSSR count). The molecule has 0 unspecified atom stereocenters.